The Morgan fingerprint density at radius 3 is 2.12 bits per heavy atom. The number of nitro benzene ring substituents is 1. The van der Waals surface area contributed by atoms with E-state index in [4.69, 9.17) is 10.3 Å². The van der Waals surface area contributed by atoms with Crippen LogP contribution in [0.5, 0.6) is 0 Å². The SMILES string of the molecule is N.Nc1ccc([N+](=O)[O-])cc1S(=O)(=O)O.[NaH].[NaH]. The van der Waals surface area contributed by atoms with Gasteiger partial charge in [0.1, 0.15) is 4.90 Å². The van der Waals surface area contributed by atoms with E-state index in [2.05, 4.69) is 0 Å². The molecule has 6 N–H and O–H groups in total. The second-order valence-corrected chi connectivity index (χ2v) is 3.84. The van der Waals surface area contributed by atoms with E-state index in [0.717, 1.165) is 12.1 Å². The molecule has 88 valence electrons. The van der Waals surface area contributed by atoms with E-state index in [1.807, 2.05) is 0 Å². The molecule has 1 aromatic carbocycles. The molecule has 0 aromatic heterocycles. The van der Waals surface area contributed by atoms with E-state index in [9.17, 15) is 18.5 Å². The normalized spacial score (nSPS) is 9.24. The van der Waals surface area contributed by atoms with E-state index >= 15 is 0 Å². The minimum absolute atomic E-state index is 0. The molecule has 0 spiro atoms. The maximum atomic E-state index is 10.7. The number of anilines is 1. The average Bonchev–Trinajstić information content (AvgIpc) is 2.02. The Kier molecular flexibility index (Phi) is 11.1. The molecule has 0 bridgehead atoms. The number of non-ortho nitro benzene ring substituents is 1. The van der Waals surface area contributed by atoms with Crippen LogP contribution in [0.2, 0.25) is 0 Å². The summed E-state index contributed by atoms with van der Waals surface area (Å²) in [6.07, 6.45) is 0. The van der Waals surface area contributed by atoms with Crippen molar-refractivity contribution >= 4 is 80.6 Å². The summed E-state index contributed by atoms with van der Waals surface area (Å²) >= 11 is 0. The van der Waals surface area contributed by atoms with E-state index in [0.29, 0.717) is 6.07 Å². The van der Waals surface area contributed by atoms with Crippen LogP contribution in [0.3, 0.4) is 0 Å². The van der Waals surface area contributed by atoms with Crippen molar-refractivity contribution in [2.45, 2.75) is 4.90 Å². The molecule has 0 saturated heterocycles. The average molecular weight is 283 g/mol. The monoisotopic (exact) mass is 283 g/mol. The molecular formula is C6H11N3Na2O5S. The fourth-order valence-corrected chi connectivity index (χ4v) is 1.50. The summed E-state index contributed by atoms with van der Waals surface area (Å²) in [6, 6.07) is 2.79. The molecule has 0 aliphatic rings. The second kappa shape index (κ2) is 8.40. The van der Waals surface area contributed by atoms with Gasteiger partial charge >= 0.3 is 59.1 Å². The first-order valence-corrected chi connectivity index (χ1v) is 4.78. The Hall–Kier alpha value is 0.290. The zero-order valence-corrected chi connectivity index (χ0v) is 8.27. The van der Waals surface area contributed by atoms with E-state index < -0.39 is 25.6 Å². The third-order valence-corrected chi connectivity index (χ3v) is 2.40. The Balaban J connectivity index is -0.000000653. The van der Waals surface area contributed by atoms with Gasteiger partial charge in [-0.3, -0.25) is 14.7 Å². The van der Waals surface area contributed by atoms with Gasteiger partial charge in [0, 0.05) is 12.1 Å². The molecule has 0 saturated carbocycles. The fourth-order valence-electron chi connectivity index (χ4n) is 0.860. The van der Waals surface area contributed by atoms with Crippen LogP contribution in [0.1, 0.15) is 0 Å². The molecule has 0 radical (unpaired) electrons. The van der Waals surface area contributed by atoms with Crippen LogP contribution in [-0.2, 0) is 10.1 Å². The van der Waals surface area contributed by atoms with Crippen molar-refractivity contribution in [3.8, 4) is 0 Å². The van der Waals surface area contributed by atoms with Gasteiger partial charge in [0.2, 0.25) is 0 Å². The zero-order valence-electron chi connectivity index (χ0n) is 7.45. The predicted octanol–water partition coefficient (Wildman–Crippen LogP) is -0.711. The molecule has 0 aliphatic heterocycles. The molecule has 0 heterocycles. The number of hydrogen-bond acceptors (Lipinski definition) is 6. The molecule has 0 aliphatic carbocycles. The molecular weight excluding hydrogens is 272 g/mol. The molecule has 0 amide bonds. The molecule has 1 rings (SSSR count). The second-order valence-electron chi connectivity index (χ2n) is 2.45. The van der Waals surface area contributed by atoms with Crippen molar-refractivity contribution < 1.29 is 17.9 Å². The minimum atomic E-state index is -4.52. The van der Waals surface area contributed by atoms with Gasteiger partial charge < -0.3 is 11.9 Å². The first-order chi connectivity index (χ1) is 6.32. The van der Waals surface area contributed by atoms with Gasteiger partial charge in [0.15, 0.2) is 0 Å². The standard InChI is InChI=1S/C6H6N2O5S.H3N.2Na.2H/c7-5-2-1-4(8(9)10)3-6(5)14(11,12)13;;;;;/h1-3H,7H2,(H,11,12,13);1H3;;;;. The Morgan fingerprint density at radius 2 is 1.76 bits per heavy atom. The van der Waals surface area contributed by atoms with Gasteiger partial charge in [0.25, 0.3) is 15.8 Å². The van der Waals surface area contributed by atoms with Crippen molar-refractivity contribution in [2.75, 3.05) is 5.73 Å². The van der Waals surface area contributed by atoms with E-state index in [1.165, 1.54) is 0 Å². The summed E-state index contributed by atoms with van der Waals surface area (Å²) in [4.78, 5) is 8.84. The van der Waals surface area contributed by atoms with Gasteiger partial charge in [0.05, 0.1) is 10.6 Å². The zero-order chi connectivity index (χ0) is 10.9. The molecule has 0 atom stereocenters. The van der Waals surface area contributed by atoms with Crippen LogP contribution in [0.15, 0.2) is 23.1 Å². The van der Waals surface area contributed by atoms with E-state index in [-0.39, 0.29) is 71.0 Å². The van der Waals surface area contributed by atoms with Crippen LogP contribution in [-0.4, -0.2) is 77.0 Å². The summed E-state index contributed by atoms with van der Waals surface area (Å²) in [5, 5.41) is 10.3. The first kappa shape index (κ1) is 22.5. The van der Waals surface area contributed by atoms with Crippen molar-refractivity contribution in [1.82, 2.24) is 6.15 Å². The molecule has 11 heteroatoms. The molecule has 0 unspecified atom stereocenters. The topological polar surface area (TPSA) is 159 Å². The number of rotatable bonds is 2. The number of nitro groups is 1. The number of benzene rings is 1. The van der Waals surface area contributed by atoms with Gasteiger partial charge in [-0.1, -0.05) is 0 Å². The fraction of sp³-hybridized carbons (Fsp3) is 0. The molecule has 0 fully saturated rings. The number of hydrogen-bond donors (Lipinski definition) is 3. The number of nitrogens with zero attached hydrogens (tertiary/aromatic N) is 1. The van der Waals surface area contributed by atoms with Crippen molar-refractivity contribution in [1.29, 1.82) is 0 Å². The van der Waals surface area contributed by atoms with Crippen LogP contribution >= 0.6 is 0 Å². The summed E-state index contributed by atoms with van der Waals surface area (Å²) in [5.41, 5.74) is 4.52. The Labute approximate surface area is 142 Å². The Morgan fingerprint density at radius 1 is 1.29 bits per heavy atom. The summed E-state index contributed by atoms with van der Waals surface area (Å²) in [5.74, 6) is 0. The summed E-state index contributed by atoms with van der Waals surface area (Å²) < 4.78 is 30.0. The van der Waals surface area contributed by atoms with Crippen LogP contribution in [0, 0.1) is 10.1 Å². The molecule has 8 nitrogen and oxygen atoms in total. The number of nitrogen functional groups attached to an aromatic ring is 1. The van der Waals surface area contributed by atoms with E-state index in [1.54, 1.807) is 0 Å². The summed E-state index contributed by atoms with van der Waals surface area (Å²) in [6.45, 7) is 0. The quantitative estimate of drug-likeness (QED) is 0.212. The first-order valence-electron chi connectivity index (χ1n) is 3.34. The number of nitrogens with two attached hydrogens (primary N) is 1. The van der Waals surface area contributed by atoms with Gasteiger partial charge in [-0.25, -0.2) is 0 Å². The third-order valence-electron chi connectivity index (χ3n) is 1.49. The van der Waals surface area contributed by atoms with Gasteiger partial charge in [-0.2, -0.15) is 8.42 Å². The van der Waals surface area contributed by atoms with Gasteiger partial charge in [-0.15, -0.1) is 0 Å². The summed E-state index contributed by atoms with van der Waals surface area (Å²) in [7, 11) is -4.52. The predicted molar refractivity (Wildman–Crippen MR) is 66.6 cm³/mol. The van der Waals surface area contributed by atoms with Crippen molar-refractivity contribution in [2.24, 2.45) is 0 Å². The maximum absolute atomic E-state index is 10.7. The Bertz CT molecular complexity index is 492. The van der Waals surface area contributed by atoms with Crippen molar-refractivity contribution in [3.05, 3.63) is 28.3 Å². The third kappa shape index (κ3) is 6.13. The molecule has 17 heavy (non-hydrogen) atoms. The van der Waals surface area contributed by atoms with Crippen molar-refractivity contribution in [3.63, 3.8) is 0 Å². The van der Waals surface area contributed by atoms with Crippen LogP contribution < -0.4 is 11.9 Å². The van der Waals surface area contributed by atoms with Crippen LogP contribution in [0.25, 0.3) is 0 Å². The van der Waals surface area contributed by atoms with Crippen LogP contribution in [0.4, 0.5) is 11.4 Å². The van der Waals surface area contributed by atoms with Gasteiger partial charge in [-0.05, 0) is 6.07 Å². The molecule has 1 aromatic rings.